The maximum Gasteiger partial charge on any atom is 0.286 e. The molecular formula is C21H19N3O3S. The van der Waals surface area contributed by atoms with E-state index in [9.17, 15) is 13.2 Å². The lowest BCUT2D eigenvalue weighted by atomic mass is 10.1. The van der Waals surface area contributed by atoms with Gasteiger partial charge in [0.05, 0.1) is 5.69 Å². The molecule has 2 N–H and O–H groups in total. The molecule has 6 nitrogen and oxygen atoms in total. The number of amides is 1. The molecule has 0 radical (unpaired) electrons. The molecule has 0 aromatic heterocycles. The van der Waals surface area contributed by atoms with Gasteiger partial charge in [-0.2, -0.15) is 8.42 Å². The van der Waals surface area contributed by atoms with Crippen LogP contribution in [0.2, 0.25) is 0 Å². The third kappa shape index (κ3) is 3.75. The number of amidine groups is 1. The van der Waals surface area contributed by atoms with Crippen molar-refractivity contribution in [3.63, 3.8) is 0 Å². The minimum atomic E-state index is -3.69. The van der Waals surface area contributed by atoms with E-state index in [2.05, 4.69) is 15.0 Å². The molecule has 0 unspecified atom stereocenters. The Labute approximate surface area is 163 Å². The van der Waals surface area contributed by atoms with Gasteiger partial charge < -0.3 is 10.6 Å². The fourth-order valence-electron chi connectivity index (χ4n) is 3.24. The maximum atomic E-state index is 12.3. The lowest BCUT2D eigenvalue weighted by Gasteiger charge is -2.17. The predicted molar refractivity (Wildman–Crippen MR) is 111 cm³/mol. The molecule has 0 atom stereocenters. The van der Waals surface area contributed by atoms with Crippen LogP contribution in [0.1, 0.15) is 19.3 Å². The number of hydrogen-bond acceptors (Lipinski definition) is 4. The van der Waals surface area contributed by atoms with E-state index in [1.165, 1.54) is 6.07 Å². The van der Waals surface area contributed by atoms with Gasteiger partial charge in [0.1, 0.15) is 10.7 Å². The molecule has 142 valence electrons. The number of nitrogens with zero attached hydrogens (tertiary/aromatic N) is 1. The first-order chi connectivity index (χ1) is 13.5. The van der Waals surface area contributed by atoms with Gasteiger partial charge in [-0.3, -0.25) is 4.79 Å². The van der Waals surface area contributed by atoms with Gasteiger partial charge in [-0.05, 0) is 30.0 Å². The van der Waals surface area contributed by atoms with Gasteiger partial charge in [-0.1, -0.05) is 48.5 Å². The van der Waals surface area contributed by atoms with Crippen molar-refractivity contribution in [2.24, 2.45) is 4.40 Å². The normalized spacial score (nSPS) is 14.6. The number of anilines is 2. The second-order valence-electron chi connectivity index (χ2n) is 6.56. The summed E-state index contributed by atoms with van der Waals surface area (Å²) in [5.41, 5.74) is 1.29. The molecule has 0 aliphatic carbocycles. The Kier molecular flexibility index (Phi) is 4.83. The fourth-order valence-corrected chi connectivity index (χ4v) is 4.41. The summed E-state index contributed by atoms with van der Waals surface area (Å²) >= 11 is 0. The van der Waals surface area contributed by atoms with Crippen molar-refractivity contribution >= 4 is 43.9 Å². The molecule has 1 heterocycles. The fraction of sp³-hybridized carbons (Fsp3) is 0.143. The number of benzene rings is 3. The molecule has 7 heteroatoms. The number of hydrogen-bond donors (Lipinski definition) is 2. The van der Waals surface area contributed by atoms with Crippen molar-refractivity contribution in [2.45, 2.75) is 24.2 Å². The van der Waals surface area contributed by atoms with Crippen molar-refractivity contribution in [3.8, 4) is 0 Å². The molecule has 28 heavy (non-hydrogen) atoms. The molecular weight excluding hydrogens is 374 g/mol. The van der Waals surface area contributed by atoms with Crippen LogP contribution in [0.15, 0.2) is 76.0 Å². The van der Waals surface area contributed by atoms with Crippen molar-refractivity contribution < 1.29 is 13.2 Å². The predicted octanol–water partition coefficient (Wildman–Crippen LogP) is 4.16. The molecule has 3 aromatic rings. The first-order valence-corrected chi connectivity index (χ1v) is 10.4. The van der Waals surface area contributed by atoms with E-state index >= 15 is 0 Å². The Bertz CT molecular complexity index is 1180. The van der Waals surface area contributed by atoms with E-state index in [0.717, 1.165) is 16.5 Å². The molecule has 1 aliphatic heterocycles. The van der Waals surface area contributed by atoms with E-state index < -0.39 is 10.0 Å². The van der Waals surface area contributed by atoms with E-state index in [1.54, 1.807) is 18.2 Å². The van der Waals surface area contributed by atoms with Gasteiger partial charge >= 0.3 is 0 Å². The van der Waals surface area contributed by atoms with Crippen molar-refractivity contribution in [2.75, 3.05) is 10.6 Å². The monoisotopic (exact) mass is 393 g/mol. The van der Waals surface area contributed by atoms with Crippen LogP contribution in [0.3, 0.4) is 0 Å². The highest BCUT2D eigenvalue weighted by Crippen LogP contribution is 2.27. The highest BCUT2D eigenvalue weighted by atomic mass is 32.2. The zero-order chi connectivity index (χ0) is 19.6. The minimum Gasteiger partial charge on any atom is -0.342 e. The van der Waals surface area contributed by atoms with Gasteiger partial charge in [0, 0.05) is 23.9 Å². The Morgan fingerprint density at radius 1 is 0.964 bits per heavy atom. The number of fused-ring (bicyclic) bond motifs is 2. The molecule has 4 rings (SSSR count). The number of carbonyl (C=O) groups excluding carboxylic acids is 1. The average Bonchev–Trinajstić information content (AvgIpc) is 2.68. The second kappa shape index (κ2) is 7.44. The van der Waals surface area contributed by atoms with Crippen LogP contribution in [-0.2, 0) is 14.8 Å². The summed E-state index contributed by atoms with van der Waals surface area (Å²) in [5, 5.41) is 8.02. The zero-order valence-corrected chi connectivity index (χ0v) is 15.9. The molecule has 0 fully saturated rings. The van der Waals surface area contributed by atoms with Gasteiger partial charge in [-0.15, -0.1) is 4.40 Å². The standard InChI is InChI=1S/C21H19N3O3S/c25-21(23-17-11-5-8-15-7-1-2-9-16(15)17)14-6-13-20-22-18-10-3-4-12-19(18)28(26,27)24-20/h1-5,7-12H,6,13-14H2,(H,22,24)(H,23,25). The summed E-state index contributed by atoms with van der Waals surface area (Å²) in [5.74, 6) is 0.243. The number of carbonyl (C=O) groups is 1. The Morgan fingerprint density at radius 2 is 1.71 bits per heavy atom. The lowest BCUT2D eigenvalue weighted by molar-refractivity contribution is -0.116. The summed E-state index contributed by atoms with van der Waals surface area (Å²) in [7, 11) is -3.69. The second-order valence-corrected chi connectivity index (χ2v) is 8.14. The van der Waals surface area contributed by atoms with Crippen LogP contribution >= 0.6 is 0 Å². The molecule has 3 aromatic carbocycles. The maximum absolute atomic E-state index is 12.3. The van der Waals surface area contributed by atoms with Gasteiger partial charge in [-0.25, -0.2) is 0 Å². The number of para-hydroxylation sites is 1. The highest BCUT2D eigenvalue weighted by Gasteiger charge is 2.23. The molecule has 1 amide bonds. The first-order valence-electron chi connectivity index (χ1n) is 9.00. The first kappa shape index (κ1) is 18.2. The van der Waals surface area contributed by atoms with Gasteiger partial charge in [0.15, 0.2) is 0 Å². The van der Waals surface area contributed by atoms with Crippen LogP contribution in [-0.4, -0.2) is 20.2 Å². The summed E-state index contributed by atoms with van der Waals surface area (Å²) in [4.78, 5) is 12.5. The quantitative estimate of drug-likeness (QED) is 0.681. The Hall–Kier alpha value is -3.19. The van der Waals surface area contributed by atoms with E-state index in [1.807, 2.05) is 42.5 Å². The third-order valence-electron chi connectivity index (χ3n) is 4.56. The van der Waals surface area contributed by atoms with Crippen LogP contribution in [0, 0.1) is 0 Å². The topological polar surface area (TPSA) is 87.6 Å². The molecule has 0 saturated carbocycles. The zero-order valence-electron chi connectivity index (χ0n) is 15.1. The van der Waals surface area contributed by atoms with E-state index in [-0.39, 0.29) is 17.2 Å². The van der Waals surface area contributed by atoms with Crippen LogP contribution in [0.4, 0.5) is 11.4 Å². The van der Waals surface area contributed by atoms with Crippen molar-refractivity contribution in [3.05, 3.63) is 66.7 Å². The Morgan fingerprint density at radius 3 is 2.61 bits per heavy atom. The molecule has 0 saturated heterocycles. The lowest BCUT2D eigenvalue weighted by Crippen LogP contribution is -2.22. The highest BCUT2D eigenvalue weighted by molar-refractivity contribution is 7.90. The number of nitrogens with one attached hydrogen (secondary N) is 2. The van der Waals surface area contributed by atoms with Gasteiger partial charge in [0.25, 0.3) is 10.0 Å². The van der Waals surface area contributed by atoms with Crippen LogP contribution in [0.25, 0.3) is 10.8 Å². The summed E-state index contributed by atoms with van der Waals surface area (Å²) < 4.78 is 28.3. The number of rotatable bonds is 5. The summed E-state index contributed by atoms with van der Waals surface area (Å²) in [6, 6.07) is 20.3. The van der Waals surface area contributed by atoms with Crippen molar-refractivity contribution in [1.82, 2.24) is 0 Å². The van der Waals surface area contributed by atoms with Crippen molar-refractivity contribution in [1.29, 1.82) is 0 Å². The largest absolute Gasteiger partial charge is 0.342 e. The Balaban J connectivity index is 1.38. The van der Waals surface area contributed by atoms with Crippen LogP contribution < -0.4 is 10.6 Å². The molecule has 1 aliphatic rings. The van der Waals surface area contributed by atoms with Crippen LogP contribution in [0.5, 0.6) is 0 Å². The minimum absolute atomic E-state index is 0.115. The summed E-state index contributed by atoms with van der Waals surface area (Å²) in [6.07, 6.45) is 1.13. The van der Waals surface area contributed by atoms with Gasteiger partial charge in [0.2, 0.25) is 5.91 Å². The summed E-state index contributed by atoms with van der Waals surface area (Å²) in [6.45, 7) is 0. The van der Waals surface area contributed by atoms with E-state index in [0.29, 0.717) is 24.4 Å². The SMILES string of the molecule is O=C(CCCC1=NS(=O)(=O)c2ccccc2N1)Nc1cccc2ccccc12. The smallest absolute Gasteiger partial charge is 0.286 e. The average molecular weight is 393 g/mol. The third-order valence-corrected chi connectivity index (χ3v) is 5.93. The molecule has 0 spiro atoms. The molecule has 0 bridgehead atoms. The van der Waals surface area contributed by atoms with E-state index in [4.69, 9.17) is 0 Å². The number of sulfonamides is 1.